The number of hydrogen-bond donors (Lipinski definition) is 3. The summed E-state index contributed by atoms with van der Waals surface area (Å²) in [5.41, 5.74) is 2.61. The zero-order valence-corrected chi connectivity index (χ0v) is 25.7. The second-order valence-corrected chi connectivity index (χ2v) is 11.5. The summed E-state index contributed by atoms with van der Waals surface area (Å²) in [4.78, 5) is 49.7. The summed E-state index contributed by atoms with van der Waals surface area (Å²) in [6.45, 7) is 8.53. The Balaban J connectivity index is 0.000000591. The van der Waals surface area contributed by atoms with Crippen LogP contribution < -0.4 is 21.1 Å². The molecule has 0 bridgehead atoms. The lowest BCUT2D eigenvalue weighted by atomic mass is 10.2. The van der Waals surface area contributed by atoms with Gasteiger partial charge in [0, 0.05) is 107 Å². The smallest absolute Gasteiger partial charge is 0.475 e. The highest BCUT2D eigenvalue weighted by Crippen LogP contribution is 2.22. The number of aromatic nitrogens is 3. The molecule has 3 N–H and O–H groups in total. The van der Waals surface area contributed by atoms with Crippen LogP contribution in [-0.2, 0) is 16.1 Å². The van der Waals surface area contributed by atoms with Gasteiger partial charge in [-0.25, -0.2) is 9.78 Å². The number of halogens is 3. The minimum atomic E-state index is -5.08. The Kier molecular flexibility index (Phi) is 12.0. The van der Waals surface area contributed by atoms with E-state index < -0.39 is 12.1 Å². The molecular weight excluding hydrogens is 613 g/mol. The van der Waals surface area contributed by atoms with Crippen LogP contribution in [0.1, 0.15) is 6.42 Å². The molecule has 12 nitrogen and oxygen atoms in total. The van der Waals surface area contributed by atoms with Crippen molar-refractivity contribution in [1.29, 1.82) is 0 Å². The number of nitrogens with zero attached hydrogens (tertiary/aromatic N) is 6. The summed E-state index contributed by atoms with van der Waals surface area (Å²) in [5, 5.41) is 14.6. The molecule has 2 aliphatic rings. The van der Waals surface area contributed by atoms with Crippen molar-refractivity contribution < 1.29 is 27.9 Å². The number of fused-ring (bicyclic) bond motifs is 1. The molecule has 4 heterocycles. The number of rotatable bonds is 9. The number of thioether (sulfide) groups is 1. The van der Waals surface area contributed by atoms with Crippen LogP contribution in [0, 0.1) is 0 Å². The van der Waals surface area contributed by atoms with E-state index in [2.05, 4.69) is 37.6 Å². The van der Waals surface area contributed by atoms with E-state index >= 15 is 0 Å². The summed E-state index contributed by atoms with van der Waals surface area (Å²) in [7, 11) is 0. The molecule has 45 heavy (non-hydrogen) atoms. The normalized spacial score (nSPS) is 15.8. The van der Waals surface area contributed by atoms with E-state index in [1.807, 2.05) is 23.3 Å². The van der Waals surface area contributed by atoms with Crippen LogP contribution in [0.5, 0.6) is 0 Å². The number of carbonyl (C=O) groups excluding carboxylic acids is 1. The van der Waals surface area contributed by atoms with Crippen molar-refractivity contribution >= 4 is 52.0 Å². The molecule has 16 heteroatoms. The number of carboxylic acids is 1. The van der Waals surface area contributed by atoms with Crippen LogP contribution in [-0.4, -0.2) is 118 Å². The number of anilines is 3. The highest BCUT2D eigenvalue weighted by Gasteiger charge is 2.38. The minimum absolute atomic E-state index is 0.0484. The fourth-order valence-corrected chi connectivity index (χ4v) is 5.35. The highest BCUT2D eigenvalue weighted by molar-refractivity contribution is 7.98. The predicted octanol–water partition coefficient (Wildman–Crippen LogP) is 2.48. The standard InChI is InChI=1S/C27H36N8O2S.C2HF3O2/c1-38-19-8-24(36)34-16-14-33(15-17-34)23-5-3-22(4-6-23)30-27-29-20-21-2-7-25(37)35(26(21)31-27)18-13-32-11-9-28-10-12-32;3-2(4,5)1(6)7/h2-7,20,28H,8-19H2,1H3,(H,29,30,31);(H,6,7). The second-order valence-electron chi connectivity index (χ2n) is 10.5. The molecule has 244 valence electrons. The molecule has 0 aliphatic carbocycles. The molecular formula is C29H37F3N8O4S. The minimum Gasteiger partial charge on any atom is -0.475 e. The summed E-state index contributed by atoms with van der Waals surface area (Å²) >= 11 is 1.71. The van der Waals surface area contributed by atoms with Crippen molar-refractivity contribution in [3.05, 3.63) is 52.9 Å². The first-order valence-corrected chi connectivity index (χ1v) is 15.9. The Hall–Kier alpha value is -3.89. The third kappa shape index (κ3) is 9.80. The van der Waals surface area contributed by atoms with Gasteiger partial charge in [-0.1, -0.05) is 0 Å². The highest BCUT2D eigenvalue weighted by atomic mass is 32.2. The Morgan fingerprint density at radius 3 is 2.29 bits per heavy atom. The molecule has 2 aromatic heterocycles. The number of nitrogens with one attached hydrogen (secondary N) is 2. The molecule has 0 saturated carbocycles. The van der Waals surface area contributed by atoms with E-state index in [9.17, 15) is 22.8 Å². The van der Waals surface area contributed by atoms with Gasteiger partial charge in [-0.15, -0.1) is 0 Å². The van der Waals surface area contributed by atoms with Gasteiger partial charge in [-0.05, 0) is 36.6 Å². The number of pyridine rings is 1. The molecule has 0 unspecified atom stereocenters. The summed E-state index contributed by atoms with van der Waals surface area (Å²) < 4.78 is 33.5. The second kappa shape index (κ2) is 15.9. The Labute approximate surface area is 262 Å². The molecule has 2 aliphatic heterocycles. The zero-order chi connectivity index (χ0) is 32.4. The lowest BCUT2D eigenvalue weighted by molar-refractivity contribution is -0.192. The fourth-order valence-electron chi connectivity index (χ4n) is 4.97. The van der Waals surface area contributed by atoms with E-state index in [4.69, 9.17) is 14.9 Å². The van der Waals surface area contributed by atoms with Gasteiger partial charge in [0.25, 0.3) is 5.56 Å². The lowest BCUT2D eigenvalue weighted by Gasteiger charge is -2.36. The van der Waals surface area contributed by atoms with Crippen LogP contribution in [0.2, 0.25) is 0 Å². The molecule has 1 amide bonds. The maximum absolute atomic E-state index is 12.7. The summed E-state index contributed by atoms with van der Waals surface area (Å²) in [6.07, 6.45) is -0.672. The molecule has 3 aromatic rings. The van der Waals surface area contributed by atoms with Crippen molar-refractivity contribution in [1.82, 2.24) is 29.7 Å². The Morgan fingerprint density at radius 1 is 1.00 bits per heavy atom. The van der Waals surface area contributed by atoms with E-state index in [0.29, 0.717) is 24.6 Å². The van der Waals surface area contributed by atoms with E-state index in [1.54, 1.807) is 34.7 Å². The molecule has 2 fully saturated rings. The van der Waals surface area contributed by atoms with Crippen LogP contribution in [0.3, 0.4) is 0 Å². The number of aliphatic carboxylic acids is 1. The molecule has 0 atom stereocenters. The number of carboxylic acid groups (broad SMARTS) is 1. The van der Waals surface area contributed by atoms with Crippen molar-refractivity contribution in [2.45, 2.75) is 19.1 Å². The van der Waals surface area contributed by atoms with Gasteiger partial charge >= 0.3 is 12.1 Å². The lowest BCUT2D eigenvalue weighted by Crippen LogP contribution is -2.48. The average molecular weight is 651 g/mol. The van der Waals surface area contributed by atoms with Gasteiger partial charge in [0.1, 0.15) is 5.65 Å². The van der Waals surface area contributed by atoms with Crippen LogP contribution in [0.4, 0.5) is 30.5 Å². The summed E-state index contributed by atoms with van der Waals surface area (Å²) in [5.74, 6) is -1.16. The zero-order valence-electron chi connectivity index (χ0n) is 24.9. The van der Waals surface area contributed by atoms with Gasteiger partial charge in [0.15, 0.2) is 0 Å². The number of benzene rings is 1. The molecule has 0 spiro atoms. The van der Waals surface area contributed by atoms with Crippen molar-refractivity contribution in [2.24, 2.45) is 0 Å². The number of hydrogen-bond acceptors (Lipinski definition) is 10. The first-order valence-electron chi connectivity index (χ1n) is 14.5. The maximum atomic E-state index is 12.7. The molecule has 5 rings (SSSR count). The fraction of sp³-hybridized carbons (Fsp3) is 0.483. The van der Waals surface area contributed by atoms with Crippen LogP contribution >= 0.6 is 11.8 Å². The van der Waals surface area contributed by atoms with Crippen molar-refractivity contribution in [3.8, 4) is 0 Å². The van der Waals surface area contributed by atoms with Crippen molar-refractivity contribution in [3.63, 3.8) is 0 Å². The number of piperazine rings is 2. The largest absolute Gasteiger partial charge is 0.490 e. The molecule has 2 saturated heterocycles. The first kappa shape index (κ1) is 34.0. The number of carbonyl (C=O) groups is 2. The SMILES string of the molecule is CSCCC(=O)N1CCN(c2ccc(Nc3ncc4ccc(=O)n(CCN5CCNCC5)c4n3)cc2)CC1.O=C(O)C(F)(F)F. The first-order chi connectivity index (χ1) is 21.5. The van der Waals surface area contributed by atoms with Crippen molar-refractivity contribution in [2.75, 3.05) is 81.1 Å². The topological polar surface area (TPSA) is 136 Å². The molecule has 1 aromatic carbocycles. The Bertz CT molecular complexity index is 1490. The molecule has 0 radical (unpaired) electrons. The van der Waals surface area contributed by atoms with E-state index in [1.165, 1.54) is 0 Å². The van der Waals surface area contributed by atoms with Gasteiger partial charge in [0.2, 0.25) is 11.9 Å². The van der Waals surface area contributed by atoms with Crippen LogP contribution in [0.15, 0.2) is 47.4 Å². The third-order valence-corrected chi connectivity index (χ3v) is 8.07. The van der Waals surface area contributed by atoms with Gasteiger partial charge in [0.05, 0.1) is 0 Å². The third-order valence-electron chi connectivity index (χ3n) is 7.46. The maximum Gasteiger partial charge on any atom is 0.490 e. The average Bonchev–Trinajstić information content (AvgIpc) is 3.04. The summed E-state index contributed by atoms with van der Waals surface area (Å²) in [6, 6.07) is 11.6. The van der Waals surface area contributed by atoms with Crippen LogP contribution in [0.25, 0.3) is 11.0 Å². The van der Waals surface area contributed by atoms with Gasteiger partial charge in [-0.2, -0.15) is 29.9 Å². The van der Waals surface area contributed by atoms with Gasteiger partial charge in [-0.3, -0.25) is 19.1 Å². The number of alkyl halides is 3. The van der Waals surface area contributed by atoms with E-state index in [0.717, 1.165) is 81.4 Å². The van der Waals surface area contributed by atoms with E-state index in [-0.39, 0.29) is 11.5 Å². The quantitative estimate of drug-likeness (QED) is 0.315. The monoisotopic (exact) mass is 650 g/mol. The number of amides is 1. The van der Waals surface area contributed by atoms with Gasteiger partial charge < -0.3 is 25.5 Å². The predicted molar refractivity (Wildman–Crippen MR) is 168 cm³/mol. The Morgan fingerprint density at radius 2 is 1.67 bits per heavy atom.